The molecule has 0 aromatic heterocycles. The van der Waals surface area contributed by atoms with Gasteiger partial charge in [-0.2, -0.15) is 0 Å². The Morgan fingerprint density at radius 1 is 1.03 bits per heavy atom. The summed E-state index contributed by atoms with van der Waals surface area (Å²) in [6, 6.07) is 10.7. The van der Waals surface area contributed by atoms with E-state index in [4.69, 9.17) is 9.47 Å². The van der Waals surface area contributed by atoms with Crippen molar-refractivity contribution in [2.75, 3.05) is 6.61 Å². The van der Waals surface area contributed by atoms with Crippen molar-refractivity contribution >= 4 is 0 Å². The smallest absolute Gasteiger partial charge is 0.164 e. The van der Waals surface area contributed by atoms with Crippen LogP contribution in [0.2, 0.25) is 0 Å². The van der Waals surface area contributed by atoms with Crippen LogP contribution >= 0.6 is 0 Å². The second-order valence-corrected chi connectivity index (χ2v) is 10.8. The van der Waals surface area contributed by atoms with Gasteiger partial charge >= 0.3 is 0 Å². The van der Waals surface area contributed by atoms with E-state index in [-0.39, 0.29) is 12.2 Å². The lowest BCUT2D eigenvalue weighted by molar-refractivity contribution is -0.189. The first-order valence-corrected chi connectivity index (χ1v) is 12.2. The van der Waals surface area contributed by atoms with Crippen LogP contribution < -0.4 is 0 Å². The maximum Gasteiger partial charge on any atom is 0.164 e. The lowest BCUT2D eigenvalue weighted by Crippen LogP contribution is -2.39. The Morgan fingerprint density at radius 2 is 1.76 bits per heavy atom. The second-order valence-electron chi connectivity index (χ2n) is 10.8. The SMILES string of the molecule is CCOC(OC1CCCC(C2CC3CC2C(C)C3(C)C)C1)C(C)c1ccccc1. The van der Waals surface area contributed by atoms with Crippen LogP contribution in [0.1, 0.15) is 84.6 Å². The van der Waals surface area contributed by atoms with E-state index < -0.39 is 0 Å². The third-order valence-corrected chi connectivity index (χ3v) is 9.19. The van der Waals surface area contributed by atoms with Gasteiger partial charge in [0, 0.05) is 12.5 Å². The highest BCUT2D eigenvalue weighted by atomic mass is 16.7. The number of hydrogen-bond donors (Lipinski definition) is 0. The Balaban J connectivity index is 1.39. The van der Waals surface area contributed by atoms with Crippen molar-refractivity contribution in [1.82, 2.24) is 0 Å². The summed E-state index contributed by atoms with van der Waals surface area (Å²) < 4.78 is 12.8. The monoisotopic (exact) mass is 398 g/mol. The molecule has 0 aliphatic heterocycles. The molecule has 162 valence electrons. The summed E-state index contributed by atoms with van der Waals surface area (Å²) in [5, 5.41) is 0. The molecule has 3 fully saturated rings. The topological polar surface area (TPSA) is 18.5 Å². The van der Waals surface area contributed by atoms with Gasteiger partial charge in [-0.3, -0.25) is 0 Å². The molecule has 0 N–H and O–H groups in total. The van der Waals surface area contributed by atoms with E-state index in [2.05, 4.69) is 65.0 Å². The fourth-order valence-electron chi connectivity index (χ4n) is 7.01. The van der Waals surface area contributed by atoms with Gasteiger partial charge in [0.25, 0.3) is 0 Å². The maximum absolute atomic E-state index is 6.66. The molecule has 3 saturated carbocycles. The molecule has 29 heavy (non-hydrogen) atoms. The fourth-order valence-corrected chi connectivity index (χ4v) is 7.01. The lowest BCUT2D eigenvalue weighted by Gasteiger charge is -2.45. The van der Waals surface area contributed by atoms with Crippen molar-refractivity contribution < 1.29 is 9.47 Å². The maximum atomic E-state index is 6.66. The number of ether oxygens (including phenoxy) is 2. The van der Waals surface area contributed by atoms with Gasteiger partial charge in [-0.25, -0.2) is 0 Å². The molecule has 0 heterocycles. The average molecular weight is 399 g/mol. The van der Waals surface area contributed by atoms with Gasteiger partial charge in [0.2, 0.25) is 0 Å². The van der Waals surface area contributed by atoms with Gasteiger partial charge in [-0.1, -0.05) is 64.4 Å². The molecular weight excluding hydrogens is 356 g/mol. The zero-order valence-corrected chi connectivity index (χ0v) is 19.3. The molecule has 2 nitrogen and oxygen atoms in total. The Hall–Kier alpha value is -0.860. The van der Waals surface area contributed by atoms with Crippen LogP contribution in [-0.4, -0.2) is 19.0 Å². The zero-order valence-electron chi connectivity index (χ0n) is 19.3. The predicted octanol–water partition coefficient (Wildman–Crippen LogP) is 7.05. The number of fused-ring (bicyclic) bond motifs is 2. The highest BCUT2D eigenvalue weighted by Crippen LogP contribution is 2.63. The fraction of sp³-hybridized carbons (Fsp3) is 0.778. The first kappa shape index (κ1) is 21.4. The van der Waals surface area contributed by atoms with Crippen LogP contribution in [0.15, 0.2) is 30.3 Å². The van der Waals surface area contributed by atoms with Crippen LogP contribution in [0.3, 0.4) is 0 Å². The van der Waals surface area contributed by atoms with E-state index in [1.165, 1.54) is 44.1 Å². The van der Waals surface area contributed by atoms with Crippen LogP contribution in [0.4, 0.5) is 0 Å². The van der Waals surface area contributed by atoms with E-state index in [0.717, 1.165) is 29.6 Å². The summed E-state index contributed by atoms with van der Waals surface area (Å²) in [7, 11) is 0. The number of hydrogen-bond acceptors (Lipinski definition) is 2. The lowest BCUT2D eigenvalue weighted by atomic mass is 9.62. The van der Waals surface area contributed by atoms with Gasteiger partial charge in [0.1, 0.15) is 0 Å². The first-order chi connectivity index (χ1) is 13.9. The summed E-state index contributed by atoms with van der Waals surface area (Å²) in [5.74, 6) is 4.83. The molecule has 0 saturated heterocycles. The van der Waals surface area contributed by atoms with Gasteiger partial charge < -0.3 is 9.47 Å². The second kappa shape index (κ2) is 8.71. The molecule has 2 heteroatoms. The van der Waals surface area contributed by atoms with Gasteiger partial charge in [0.15, 0.2) is 6.29 Å². The van der Waals surface area contributed by atoms with Gasteiger partial charge in [0.05, 0.1) is 6.10 Å². The molecule has 1 aromatic rings. The summed E-state index contributed by atoms with van der Waals surface area (Å²) in [4.78, 5) is 0. The van der Waals surface area contributed by atoms with E-state index in [1.54, 1.807) is 0 Å². The predicted molar refractivity (Wildman–Crippen MR) is 120 cm³/mol. The molecule has 8 unspecified atom stereocenters. The van der Waals surface area contributed by atoms with Crippen molar-refractivity contribution in [3.63, 3.8) is 0 Å². The van der Waals surface area contributed by atoms with Crippen molar-refractivity contribution in [3.05, 3.63) is 35.9 Å². The van der Waals surface area contributed by atoms with Crippen LogP contribution in [-0.2, 0) is 9.47 Å². The van der Waals surface area contributed by atoms with E-state index in [9.17, 15) is 0 Å². The zero-order chi connectivity index (χ0) is 20.6. The molecule has 8 atom stereocenters. The Morgan fingerprint density at radius 3 is 2.41 bits per heavy atom. The molecule has 3 aliphatic rings. The van der Waals surface area contributed by atoms with Crippen LogP contribution in [0.25, 0.3) is 0 Å². The minimum absolute atomic E-state index is 0.135. The van der Waals surface area contributed by atoms with E-state index in [0.29, 0.717) is 18.1 Å². The highest BCUT2D eigenvalue weighted by Gasteiger charge is 2.56. The normalized spacial score (nSPS) is 38.1. The minimum atomic E-state index is -0.135. The van der Waals surface area contributed by atoms with Gasteiger partial charge in [-0.05, 0) is 79.6 Å². The molecule has 1 aromatic carbocycles. The molecule has 0 radical (unpaired) electrons. The van der Waals surface area contributed by atoms with Gasteiger partial charge in [-0.15, -0.1) is 0 Å². The minimum Gasteiger partial charge on any atom is -0.352 e. The van der Waals surface area contributed by atoms with Crippen molar-refractivity contribution in [2.24, 2.45) is 35.0 Å². The molecular formula is C27H42O2. The van der Waals surface area contributed by atoms with Crippen LogP contribution in [0.5, 0.6) is 0 Å². The molecule has 2 bridgehead atoms. The van der Waals surface area contributed by atoms with Crippen LogP contribution in [0, 0.1) is 35.0 Å². The first-order valence-electron chi connectivity index (χ1n) is 12.2. The molecule has 0 spiro atoms. The van der Waals surface area contributed by atoms with Crippen molar-refractivity contribution in [3.8, 4) is 0 Å². The standard InChI is InChI=1S/C27H42O2/c1-6-28-26(18(2)20-11-8-7-9-12-20)29-23-14-10-13-21(15-23)25-17-22-16-24(25)19(3)27(22,4)5/h7-9,11-12,18-19,21-26H,6,10,13-17H2,1-5H3. The quantitative estimate of drug-likeness (QED) is 0.458. The Kier molecular flexibility index (Phi) is 6.42. The Bertz CT molecular complexity index is 650. The van der Waals surface area contributed by atoms with E-state index in [1.807, 2.05) is 0 Å². The van der Waals surface area contributed by atoms with Crippen molar-refractivity contribution in [2.45, 2.75) is 91.5 Å². The van der Waals surface area contributed by atoms with Crippen molar-refractivity contribution in [1.29, 1.82) is 0 Å². The van der Waals surface area contributed by atoms with E-state index >= 15 is 0 Å². The summed E-state index contributed by atoms with van der Waals surface area (Å²) >= 11 is 0. The number of rotatable bonds is 7. The average Bonchev–Trinajstić information content (AvgIpc) is 3.27. The summed E-state index contributed by atoms with van der Waals surface area (Å²) in [5.41, 5.74) is 1.86. The molecule has 3 aliphatic carbocycles. The molecule has 0 amide bonds. The third-order valence-electron chi connectivity index (χ3n) is 9.19. The molecule has 4 rings (SSSR count). The summed E-state index contributed by atoms with van der Waals surface area (Å²) in [6.45, 7) is 12.6. The Labute approximate surface area is 178 Å². The number of benzene rings is 1. The highest BCUT2D eigenvalue weighted by molar-refractivity contribution is 5.19. The third kappa shape index (κ3) is 4.17. The largest absolute Gasteiger partial charge is 0.352 e. The summed E-state index contributed by atoms with van der Waals surface area (Å²) in [6.07, 6.45) is 8.34.